The van der Waals surface area contributed by atoms with Crippen molar-refractivity contribution in [3.8, 4) is 0 Å². The maximum absolute atomic E-state index is 13.2. The summed E-state index contributed by atoms with van der Waals surface area (Å²) in [6.07, 6.45) is 0. The van der Waals surface area contributed by atoms with Gasteiger partial charge in [0.25, 0.3) is 0 Å². The number of carboxylic acid groups (broad SMARTS) is 1. The average Bonchev–Trinajstić information content (AvgIpc) is 2.47. The van der Waals surface area contributed by atoms with Gasteiger partial charge in [-0.15, -0.1) is 0 Å². The van der Waals surface area contributed by atoms with Crippen LogP contribution in [0.15, 0.2) is 48.5 Å². The van der Waals surface area contributed by atoms with Gasteiger partial charge < -0.3 is 10.0 Å². The average molecular weight is 287 g/mol. The van der Waals surface area contributed by atoms with Gasteiger partial charge in [0.1, 0.15) is 5.82 Å². The van der Waals surface area contributed by atoms with Crippen LogP contribution in [0.25, 0.3) is 0 Å². The first kappa shape index (κ1) is 15.0. The van der Waals surface area contributed by atoms with Gasteiger partial charge >= 0.3 is 5.97 Å². The Hall–Kier alpha value is -2.36. The molecule has 0 amide bonds. The van der Waals surface area contributed by atoms with Crippen LogP contribution in [0, 0.1) is 5.82 Å². The Balaban J connectivity index is 2.08. The van der Waals surface area contributed by atoms with Crippen molar-refractivity contribution in [3.05, 3.63) is 65.5 Å². The van der Waals surface area contributed by atoms with Gasteiger partial charge in [-0.05, 0) is 36.2 Å². The second-order valence-corrected chi connectivity index (χ2v) is 5.14. The van der Waals surface area contributed by atoms with Gasteiger partial charge in [0.15, 0.2) is 0 Å². The number of carbonyl (C=O) groups is 1. The van der Waals surface area contributed by atoms with Crippen molar-refractivity contribution in [3.63, 3.8) is 0 Å². The lowest BCUT2D eigenvalue weighted by atomic mass is 10.00. The van der Waals surface area contributed by atoms with Crippen molar-refractivity contribution in [1.29, 1.82) is 0 Å². The van der Waals surface area contributed by atoms with Crippen molar-refractivity contribution in [2.24, 2.45) is 0 Å². The summed E-state index contributed by atoms with van der Waals surface area (Å²) >= 11 is 0. The summed E-state index contributed by atoms with van der Waals surface area (Å²) in [6.45, 7) is 2.29. The van der Waals surface area contributed by atoms with E-state index in [0.717, 1.165) is 16.8 Å². The molecule has 4 heteroatoms. The maximum atomic E-state index is 13.2. The minimum atomic E-state index is -0.834. The van der Waals surface area contributed by atoms with Crippen molar-refractivity contribution in [1.82, 2.24) is 0 Å². The van der Waals surface area contributed by atoms with Crippen LogP contribution in [0.1, 0.15) is 24.0 Å². The van der Waals surface area contributed by atoms with Gasteiger partial charge in [0, 0.05) is 19.3 Å². The third-order valence-electron chi connectivity index (χ3n) is 3.52. The fraction of sp³-hybridized carbons (Fsp3) is 0.235. The van der Waals surface area contributed by atoms with E-state index in [4.69, 9.17) is 5.11 Å². The Morgan fingerprint density at radius 2 is 1.90 bits per heavy atom. The summed E-state index contributed by atoms with van der Waals surface area (Å²) < 4.78 is 13.2. The summed E-state index contributed by atoms with van der Waals surface area (Å²) in [5, 5.41) is 8.98. The van der Waals surface area contributed by atoms with Crippen LogP contribution in [0.4, 0.5) is 10.1 Å². The first-order chi connectivity index (χ1) is 9.97. The number of hydrogen-bond donors (Lipinski definition) is 1. The van der Waals surface area contributed by atoms with Gasteiger partial charge in [-0.3, -0.25) is 4.79 Å². The van der Waals surface area contributed by atoms with Crippen LogP contribution in [-0.2, 0) is 11.3 Å². The number of rotatable bonds is 5. The molecule has 0 radical (unpaired) electrons. The van der Waals surface area contributed by atoms with Crippen LogP contribution in [0.3, 0.4) is 0 Å². The van der Waals surface area contributed by atoms with Crippen LogP contribution in [0.2, 0.25) is 0 Å². The molecule has 0 heterocycles. The molecule has 0 spiro atoms. The Morgan fingerprint density at radius 3 is 2.48 bits per heavy atom. The molecule has 0 aliphatic heterocycles. The molecule has 1 unspecified atom stereocenters. The molecule has 110 valence electrons. The Labute approximate surface area is 123 Å². The fourth-order valence-electron chi connectivity index (χ4n) is 2.13. The standard InChI is InChI=1S/C17H18FNO2/c1-12(17(20)21)14-8-6-13(7-9-14)11-19(2)16-5-3-4-15(18)10-16/h3-10,12H,11H2,1-2H3,(H,20,21). The molecule has 2 rings (SSSR count). The molecule has 0 aliphatic rings. The number of anilines is 1. The maximum Gasteiger partial charge on any atom is 0.310 e. The highest BCUT2D eigenvalue weighted by Crippen LogP contribution is 2.19. The summed E-state index contributed by atoms with van der Waals surface area (Å²) in [7, 11) is 1.89. The van der Waals surface area contributed by atoms with Crippen molar-refractivity contribution in [2.75, 3.05) is 11.9 Å². The zero-order valence-electron chi connectivity index (χ0n) is 12.1. The number of benzene rings is 2. The third-order valence-corrected chi connectivity index (χ3v) is 3.52. The molecule has 2 aromatic rings. The molecular weight excluding hydrogens is 269 g/mol. The molecule has 1 N–H and O–H groups in total. The highest BCUT2D eigenvalue weighted by atomic mass is 19.1. The minimum absolute atomic E-state index is 0.259. The molecule has 0 aromatic heterocycles. The van der Waals surface area contributed by atoms with Crippen LogP contribution < -0.4 is 4.90 Å². The highest BCUT2D eigenvalue weighted by Gasteiger charge is 2.13. The fourth-order valence-corrected chi connectivity index (χ4v) is 2.13. The summed E-state index contributed by atoms with van der Waals surface area (Å²) in [5.74, 6) is -1.61. The molecule has 0 aliphatic carbocycles. The predicted molar refractivity (Wildman–Crippen MR) is 81.0 cm³/mol. The van der Waals surface area contributed by atoms with Gasteiger partial charge in [-0.25, -0.2) is 4.39 Å². The zero-order valence-corrected chi connectivity index (χ0v) is 12.1. The normalized spacial score (nSPS) is 12.0. The van der Waals surface area contributed by atoms with E-state index in [-0.39, 0.29) is 5.82 Å². The van der Waals surface area contributed by atoms with Crippen LogP contribution >= 0.6 is 0 Å². The van der Waals surface area contributed by atoms with Crippen LogP contribution in [0.5, 0.6) is 0 Å². The lowest BCUT2D eigenvalue weighted by molar-refractivity contribution is -0.138. The van der Waals surface area contributed by atoms with Gasteiger partial charge in [-0.1, -0.05) is 30.3 Å². The lowest BCUT2D eigenvalue weighted by Gasteiger charge is -2.19. The Morgan fingerprint density at radius 1 is 1.24 bits per heavy atom. The second kappa shape index (κ2) is 6.39. The van der Waals surface area contributed by atoms with E-state index in [2.05, 4.69) is 0 Å². The first-order valence-electron chi connectivity index (χ1n) is 6.75. The lowest BCUT2D eigenvalue weighted by Crippen LogP contribution is -2.16. The molecule has 0 saturated heterocycles. The Bertz CT molecular complexity index is 625. The summed E-state index contributed by atoms with van der Waals surface area (Å²) in [5.41, 5.74) is 2.63. The number of nitrogens with zero attached hydrogens (tertiary/aromatic N) is 1. The first-order valence-corrected chi connectivity index (χ1v) is 6.75. The van der Waals surface area contributed by atoms with E-state index in [1.54, 1.807) is 13.0 Å². The quantitative estimate of drug-likeness (QED) is 0.912. The van der Waals surface area contributed by atoms with E-state index in [9.17, 15) is 9.18 Å². The van der Waals surface area contributed by atoms with E-state index in [0.29, 0.717) is 6.54 Å². The second-order valence-electron chi connectivity index (χ2n) is 5.14. The highest BCUT2D eigenvalue weighted by molar-refractivity contribution is 5.75. The van der Waals surface area contributed by atoms with E-state index in [1.807, 2.05) is 42.3 Å². The molecule has 2 aromatic carbocycles. The topological polar surface area (TPSA) is 40.5 Å². The van der Waals surface area contributed by atoms with Crippen molar-refractivity contribution in [2.45, 2.75) is 19.4 Å². The largest absolute Gasteiger partial charge is 0.481 e. The monoisotopic (exact) mass is 287 g/mol. The SMILES string of the molecule is CC(C(=O)O)c1ccc(CN(C)c2cccc(F)c2)cc1. The minimum Gasteiger partial charge on any atom is -0.481 e. The number of hydrogen-bond acceptors (Lipinski definition) is 2. The summed E-state index contributed by atoms with van der Waals surface area (Å²) in [4.78, 5) is 12.9. The summed E-state index contributed by atoms with van der Waals surface area (Å²) in [6, 6.07) is 13.9. The van der Waals surface area contributed by atoms with Crippen molar-refractivity contribution >= 4 is 11.7 Å². The van der Waals surface area contributed by atoms with E-state index < -0.39 is 11.9 Å². The van der Waals surface area contributed by atoms with Gasteiger partial charge in [0.2, 0.25) is 0 Å². The molecular formula is C17H18FNO2. The molecule has 0 bridgehead atoms. The van der Waals surface area contributed by atoms with E-state index >= 15 is 0 Å². The molecule has 3 nitrogen and oxygen atoms in total. The molecule has 0 fully saturated rings. The Kier molecular flexibility index (Phi) is 4.58. The molecule has 21 heavy (non-hydrogen) atoms. The zero-order chi connectivity index (χ0) is 15.4. The smallest absolute Gasteiger partial charge is 0.310 e. The molecule has 1 atom stereocenters. The van der Waals surface area contributed by atoms with Gasteiger partial charge in [0.05, 0.1) is 5.92 Å². The third kappa shape index (κ3) is 3.81. The van der Waals surface area contributed by atoms with Crippen LogP contribution in [-0.4, -0.2) is 18.1 Å². The van der Waals surface area contributed by atoms with Crippen molar-refractivity contribution < 1.29 is 14.3 Å². The number of halogens is 1. The predicted octanol–water partition coefficient (Wildman–Crippen LogP) is 3.65. The number of aliphatic carboxylic acids is 1. The molecule has 0 saturated carbocycles. The number of carboxylic acids is 1. The van der Waals surface area contributed by atoms with E-state index in [1.165, 1.54) is 12.1 Å². The van der Waals surface area contributed by atoms with Gasteiger partial charge in [-0.2, -0.15) is 0 Å².